The van der Waals surface area contributed by atoms with Crippen LogP contribution in [0.15, 0.2) is 41.0 Å². The Bertz CT molecular complexity index is 547. The van der Waals surface area contributed by atoms with Crippen LogP contribution in [0.4, 0.5) is 5.69 Å². The molecule has 100 valence electrons. The molecule has 0 radical (unpaired) electrons. The minimum Gasteiger partial charge on any atom is -0.469 e. The quantitative estimate of drug-likeness (QED) is 0.867. The lowest BCUT2D eigenvalue weighted by Gasteiger charge is -2.09. The normalized spacial score (nSPS) is 10.4. The molecule has 0 fully saturated rings. The molecule has 1 amide bonds. The van der Waals surface area contributed by atoms with Crippen molar-refractivity contribution in [2.24, 2.45) is 0 Å². The molecule has 4 heteroatoms. The Morgan fingerprint density at radius 3 is 2.89 bits per heavy atom. The first-order valence-corrected chi connectivity index (χ1v) is 6.21. The number of carbonyl (C=O) groups excluding carboxylic acids is 1. The summed E-state index contributed by atoms with van der Waals surface area (Å²) in [7, 11) is 0. The number of hydrogen-bond donors (Lipinski definition) is 2. The van der Waals surface area contributed by atoms with E-state index in [4.69, 9.17) is 9.52 Å². The van der Waals surface area contributed by atoms with E-state index in [-0.39, 0.29) is 12.5 Å². The molecule has 2 aromatic rings. The molecule has 0 atom stereocenters. The molecule has 0 bridgehead atoms. The Kier molecular flexibility index (Phi) is 4.36. The van der Waals surface area contributed by atoms with Crippen molar-refractivity contribution < 1.29 is 14.3 Å². The van der Waals surface area contributed by atoms with Gasteiger partial charge in [-0.25, -0.2) is 0 Å². The Balaban J connectivity index is 1.94. The van der Waals surface area contributed by atoms with Crippen molar-refractivity contribution in [2.45, 2.75) is 26.4 Å². The average molecular weight is 259 g/mol. The van der Waals surface area contributed by atoms with E-state index in [1.807, 2.05) is 31.2 Å². The van der Waals surface area contributed by atoms with Gasteiger partial charge in [0.25, 0.3) is 0 Å². The maximum absolute atomic E-state index is 11.8. The summed E-state index contributed by atoms with van der Waals surface area (Å²) in [5.41, 5.74) is 2.51. The van der Waals surface area contributed by atoms with Crippen LogP contribution in [-0.4, -0.2) is 11.0 Å². The van der Waals surface area contributed by atoms with Crippen molar-refractivity contribution in [2.75, 3.05) is 5.32 Å². The van der Waals surface area contributed by atoms with Gasteiger partial charge in [-0.1, -0.05) is 12.1 Å². The van der Waals surface area contributed by atoms with E-state index >= 15 is 0 Å². The van der Waals surface area contributed by atoms with Crippen molar-refractivity contribution >= 4 is 11.6 Å². The number of nitrogens with one attached hydrogen (secondary N) is 1. The lowest BCUT2D eigenvalue weighted by Crippen LogP contribution is -2.13. The van der Waals surface area contributed by atoms with Crippen LogP contribution in [0.3, 0.4) is 0 Å². The standard InChI is InChI=1S/C15H17NO3/c1-11-4-5-12(10-17)9-14(11)16-15(18)7-6-13-3-2-8-19-13/h2-5,8-9,17H,6-7,10H2,1H3,(H,16,18). The summed E-state index contributed by atoms with van der Waals surface area (Å²) in [4.78, 5) is 11.8. The van der Waals surface area contributed by atoms with Crippen LogP contribution in [0.5, 0.6) is 0 Å². The predicted octanol–water partition coefficient (Wildman–Crippen LogP) is 2.65. The van der Waals surface area contributed by atoms with Gasteiger partial charge in [-0.3, -0.25) is 4.79 Å². The first kappa shape index (κ1) is 13.4. The predicted molar refractivity (Wildman–Crippen MR) is 72.8 cm³/mol. The Labute approximate surface area is 112 Å². The molecule has 0 unspecified atom stereocenters. The number of carbonyl (C=O) groups is 1. The van der Waals surface area contributed by atoms with E-state index in [0.717, 1.165) is 22.6 Å². The molecule has 2 N–H and O–H groups in total. The zero-order valence-corrected chi connectivity index (χ0v) is 10.8. The smallest absolute Gasteiger partial charge is 0.224 e. The number of hydrogen-bond acceptors (Lipinski definition) is 3. The van der Waals surface area contributed by atoms with Gasteiger partial charge in [0.2, 0.25) is 5.91 Å². The molecule has 4 nitrogen and oxygen atoms in total. The van der Waals surface area contributed by atoms with Crippen LogP contribution in [0.1, 0.15) is 23.3 Å². The molecule has 0 aliphatic heterocycles. The van der Waals surface area contributed by atoms with Crippen LogP contribution in [-0.2, 0) is 17.8 Å². The van der Waals surface area contributed by atoms with Gasteiger partial charge in [0.05, 0.1) is 12.9 Å². The molecule has 0 saturated carbocycles. The van der Waals surface area contributed by atoms with Gasteiger partial charge in [-0.05, 0) is 36.2 Å². The monoisotopic (exact) mass is 259 g/mol. The lowest BCUT2D eigenvalue weighted by atomic mass is 10.1. The van der Waals surface area contributed by atoms with Gasteiger partial charge in [-0.15, -0.1) is 0 Å². The van der Waals surface area contributed by atoms with Crippen molar-refractivity contribution in [3.8, 4) is 0 Å². The van der Waals surface area contributed by atoms with E-state index in [0.29, 0.717) is 12.8 Å². The molecule has 0 spiro atoms. The van der Waals surface area contributed by atoms with Gasteiger partial charge in [-0.2, -0.15) is 0 Å². The number of aryl methyl sites for hydroxylation is 2. The SMILES string of the molecule is Cc1ccc(CO)cc1NC(=O)CCc1ccco1. The second-order valence-corrected chi connectivity index (χ2v) is 4.43. The third-order valence-electron chi connectivity index (χ3n) is 2.94. The third kappa shape index (κ3) is 3.69. The van der Waals surface area contributed by atoms with E-state index < -0.39 is 0 Å². The van der Waals surface area contributed by atoms with Crippen LogP contribution >= 0.6 is 0 Å². The van der Waals surface area contributed by atoms with E-state index in [9.17, 15) is 4.79 Å². The van der Waals surface area contributed by atoms with E-state index in [1.54, 1.807) is 12.3 Å². The minimum absolute atomic E-state index is 0.0322. The molecule has 1 aromatic heterocycles. The largest absolute Gasteiger partial charge is 0.469 e. The number of amides is 1. The lowest BCUT2D eigenvalue weighted by molar-refractivity contribution is -0.116. The third-order valence-corrected chi connectivity index (χ3v) is 2.94. The summed E-state index contributed by atoms with van der Waals surface area (Å²) in [6.07, 6.45) is 2.55. The Morgan fingerprint density at radius 2 is 2.21 bits per heavy atom. The van der Waals surface area contributed by atoms with Gasteiger partial charge in [0.15, 0.2) is 0 Å². The zero-order chi connectivity index (χ0) is 13.7. The van der Waals surface area contributed by atoms with E-state index in [2.05, 4.69) is 5.32 Å². The molecule has 1 aromatic carbocycles. The molecule has 19 heavy (non-hydrogen) atoms. The van der Waals surface area contributed by atoms with Crippen molar-refractivity contribution in [1.29, 1.82) is 0 Å². The number of benzene rings is 1. The number of furan rings is 1. The number of rotatable bonds is 5. The van der Waals surface area contributed by atoms with Crippen LogP contribution < -0.4 is 5.32 Å². The van der Waals surface area contributed by atoms with Gasteiger partial charge in [0, 0.05) is 18.5 Å². The fourth-order valence-electron chi connectivity index (χ4n) is 1.81. The topological polar surface area (TPSA) is 62.5 Å². The Hall–Kier alpha value is -2.07. The molecule has 0 aliphatic rings. The summed E-state index contributed by atoms with van der Waals surface area (Å²) >= 11 is 0. The van der Waals surface area contributed by atoms with Gasteiger partial charge in [0.1, 0.15) is 5.76 Å². The maximum atomic E-state index is 11.8. The first-order valence-electron chi connectivity index (χ1n) is 6.21. The first-order chi connectivity index (χ1) is 9.19. The van der Waals surface area contributed by atoms with Gasteiger partial charge < -0.3 is 14.8 Å². The highest BCUT2D eigenvalue weighted by Crippen LogP contribution is 2.17. The fraction of sp³-hybridized carbons (Fsp3) is 0.267. The highest BCUT2D eigenvalue weighted by molar-refractivity contribution is 5.91. The average Bonchev–Trinajstić information content (AvgIpc) is 2.92. The second kappa shape index (κ2) is 6.20. The number of anilines is 1. The van der Waals surface area contributed by atoms with Crippen molar-refractivity contribution in [3.05, 3.63) is 53.5 Å². The number of aliphatic hydroxyl groups excluding tert-OH is 1. The minimum atomic E-state index is -0.0606. The number of aliphatic hydroxyl groups is 1. The second-order valence-electron chi connectivity index (χ2n) is 4.43. The summed E-state index contributed by atoms with van der Waals surface area (Å²) in [5.74, 6) is 0.741. The summed E-state index contributed by atoms with van der Waals surface area (Å²) in [6.45, 7) is 1.89. The highest BCUT2D eigenvalue weighted by atomic mass is 16.3. The molecular formula is C15H17NO3. The summed E-state index contributed by atoms with van der Waals surface area (Å²) in [5, 5.41) is 11.9. The molecule has 0 saturated heterocycles. The zero-order valence-electron chi connectivity index (χ0n) is 10.8. The van der Waals surface area contributed by atoms with Crippen molar-refractivity contribution in [1.82, 2.24) is 0 Å². The van der Waals surface area contributed by atoms with E-state index in [1.165, 1.54) is 0 Å². The van der Waals surface area contributed by atoms with Crippen LogP contribution in [0.2, 0.25) is 0 Å². The molecular weight excluding hydrogens is 242 g/mol. The summed E-state index contributed by atoms with van der Waals surface area (Å²) < 4.78 is 5.18. The molecule has 0 aliphatic carbocycles. The highest BCUT2D eigenvalue weighted by Gasteiger charge is 2.07. The van der Waals surface area contributed by atoms with Crippen LogP contribution in [0.25, 0.3) is 0 Å². The maximum Gasteiger partial charge on any atom is 0.224 e. The van der Waals surface area contributed by atoms with Gasteiger partial charge >= 0.3 is 0 Å². The Morgan fingerprint density at radius 1 is 1.37 bits per heavy atom. The fourth-order valence-corrected chi connectivity index (χ4v) is 1.81. The van der Waals surface area contributed by atoms with Crippen LogP contribution in [0, 0.1) is 6.92 Å². The molecule has 2 rings (SSSR count). The van der Waals surface area contributed by atoms with Crippen molar-refractivity contribution in [3.63, 3.8) is 0 Å². The molecule has 1 heterocycles. The summed E-state index contributed by atoms with van der Waals surface area (Å²) in [6, 6.07) is 9.18.